The van der Waals surface area contributed by atoms with Crippen molar-refractivity contribution in [1.29, 1.82) is 0 Å². The van der Waals surface area contributed by atoms with Crippen LogP contribution in [0.4, 0.5) is 0 Å². The molecule has 1 saturated carbocycles. The average molecular weight is 261 g/mol. The highest BCUT2D eigenvalue weighted by Gasteiger charge is 2.43. The van der Waals surface area contributed by atoms with E-state index in [-0.39, 0.29) is 5.79 Å². The predicted octanol–water partition coefficient (Wildman–Crippen LogP) is 2.71. The highest BCUT2D eigenvalue weighted by Crippen LogP contribution is 2.38. The van der Waals surface area contributed by atoms with Crippen molar-refractivity contribution in [3.8, 4) is 0 Å². The minimum absolute atomic E-state index is 0.260. The van der Waals surface area contributed by atoms with E-state index in [9.17, 15) is 0 Å². The molecule has 2 aliphatic rings. The molecule has 1 aliphatic heterocycles. The first kappa shape index (κ1) is 13.1. The van der Waals surface area contributed by atoms with Crippen LogP contribution in [0.3, 0.4) is 0 Å². The van der Waals surface area contributed by atoms with E-state index in [2.05, 4.69) is 42.6 Å². The largest absolute Gasteiger partial charge is 0.348 e. The molecule has 1 spiro atoms. The van der Waals surface area contributed by atoms with Gasteiger partial charge in [-0.3, -0.25) is 0 Å². The summed E-state index contributed by atoms with van der Waals surface area (Å²) in [4.78, 5) is 0. The van der Waals surface area contributed by atoms with Gasteiger partial charge in [-0.25, -0.2) is 0 Å². The molecule has 0 radical (unpaired) electrons. The monoisotopic (exact) mass is 261 g/mol. The summed E-state index contributed by atoms with van der Waals surface area (Å²) < 4.78 is 11.6. The highest BCUT2D eigenvalue weighted by atomic mass is 16.7. The van der Waals surface area contributed by atoms with Gasteiger partial charge in [-0.05, 0) is 17.9 Å². The minimum atomic E-state index is -0.260. The predicted molar refractivity (Wildman–Crippen MR) is 74.7 cm³/mol. The highest BCUT2D eigenvalue weighted by molar-refractivity contribution is 5.14. The van der Waals surface area contributed by atoms with E-state index in [1.165, 1.54) is 5.56 Å². The summed E-state index contributed by atoms with van der Waals surface area (Å²) in [5.74, 6) is 0.334. The maximum Gasteiger partial charge on any atom is 0.168 e. The first-order chi connectivity index (χ1) is 9.27. The Labute approximate surface area is 115 Å². The lowest BCUT2D eigenvalue weighted by Gasteiger charge is -2.40. The SMILES string of the molecule is CC1CC2(CCC1NCc1ccccc1)OCCO2. The van der Waals surface area contributed by atoms with Gasteiger partial charge in [-0.1, -0.05) is 37.3 Å². The molecule has 2 fully saturated rings. The Morgan fingerprint density at radius 1 is 1.21 bits per heavy atom. The first-order valence-electron chi connectivity index (χ1n) is 7.33. The zero-order chi connectivity index (χ0) is 13.1. The normalized spacial score (nSPS) is 29.7. The molecule has 2 unspecified atom stereocenters. The molecule has 1 aliphatic carbocycles. The number of nitrogens with one attached hydrogen (secondary N) is 1. The summed E-state index contributed by atoms with van der Waals surface area (Å²) >= 11 is 0. The van der Waals surface area contributed by atoms with Crippen LogP contribution in [0.5, 0.6) is 0 Å². The van der Waals surface area contributed by atoms with E-state index in [0.717, 1.165) is 39.0 Å². The van der Waals surface area contributed by atoms with Crippen molar-refractivity contribution in [2.24, 2.45) is 5.92 Å². The average Bonchev–Trinajstić information content (AvgIpc) is 2.87. The molecule has 0 amide bonds. The van der Waals surface area contributed by atoms with Gasteiger partial charge in [0.1, 0.15) is 0 Å². The molecular formula is C16H23NO2. The van der Waals surface area contributed by atoms with Gasteiger partial charge in [0.25, 0.3) is 0 Å². The fourth-order valence-electron chi connectivity index (χ4n) is 3.30. The van der Waals surface area contributed by atoms with Crippen molar-refractivity contribution in [3.63, 3.8) is 0 Å². The molecule has 1 aromatic rings. The number of ether oxygens (including phenoxy) is 2. The van der Waals surface area contributed by atoms with Gasteiger partial charge in [-0.15, -0.1) is 0 Å². The third-order valence-electron chi connectivity index (χ3n) is 4.38. The van der Waals surface area contributed by atoms with E-state index in [0.29, 0.717) is 12.0 Å². The summed E-state index contributed by atoms with van der Waals surface area (Å²) in [7, 11) is 0. The Morgan fingerprint density at radius 2 is 1.95 bits per heavy atom. The number of benzene rings is 1. The van der Waals surface area contributed by atoms with Gasteiger partial charge in [0.15, 0.2) is 5.79 Å². The molecule has 0 bridgehead atoms. The lowest BCUT2D eigenvalue weighted by Crippen LogP contribution is -2.46. The van der Waals surface area contributed by atoms with Crippen LogP contribution >= 0.6 is 0 Å². The van der Waals surface area contributed by atoms with Crippen LogP contribution in [0, 0.1) is 5.92 Å². The lowest BCUT2D eigenvalue weighted by atomic mass is 9.81. The van der Waals surface area contributed by atoms with Crippen molar-refractivity contribution in [2.45, 2.75) is 44.6 Å². The second-order valence-corrected chi connectivity index (χ2v) is 5.80. The Balaban J connectivity index is 1.53. The molecule has 3 nitrogen and oxygen atoms in total. The van der Waals surface area contributed by atoms with Gasteiger partial charge in [0, 0.05) is 25.4 Å². The van der Waals surface area contributed by atoms with Crippen LogP contribution in [0.2, 0.25) is 0 Å². The Morgan fingerprint density at radius 3 is 2.63 bits per heavy atom. The fraction of sp³-hybridized carbons (Fsp3) is 0.625. The second-order valence-electron chi connectivity index (χ2n) is 5.80. The molecule has 1 N–H and O–H groups in total. The Kier molecular flexibility index (Phi) is 3.87. The lowest BCUT2D eigenvalue weighted by molar-refractivity contribution is -0.189. The molecule has 19 heavy (non-hydrogen) atoms. The summed E-state index contributed by atoms with van der Waals surface area (Å²) in [6.45, 7) is 4.77. The summed E-state index contributed by atoms with van der Waals surface area (Å²) in [6.07, 6.45) is 3.16. The topological polar surface area (TPSA) is 30.5 Å². The van der Waals surface area contributed by atoms with Gasteiger partial charge < -0.3 is 14.8 Å². The molecule has 1 saturated heterocycles. The Hall–Kier alpha value is -0.900. The molecule has 3 heteroatoms. The van der Waals surface area contributed by atoms with E-state index in [4.69, 9.17) is 9.47 Å². The van der Waals surface area contributed by atoms with Crippen LogP contribution < -0.4 is 5.32 Å². The van der Waals surface area contributed by atoms with Crippen molar-refractivity contribution in [1.82, 2.24) is 5.32 Å². The Bertz CT molecular complexity index is 400. The van der Waals surface area contributed by atoms with Gasteiger partial charge in [-0.2, -0.15) is 0 Å². The number of hydrogen-bond donors (Lipinski definition) is 1. The van der Waals surface area contributed by atoms with Crippen LogP contribution in [0.1, 0.15) is 31.7 Å². The van der Waals surface area contributed by atoms with E-state index in [1.54, 1.807) is 0 Å². The number of rotatable bonds is 3. The van der Waals surface area contributed by atoms with Gasteiger partial charge >= 0.3 is 0 Å². The van der Waals surface area contributed by atoms with Crippen molar-refractivity contribution >= 4 is 0 Å². The van der Waals surface area contributed by atoms with E-state index < -0.39 is 0 Å². The standard InChI is InChI=1S/C16H23NO2/c1-13-11-16(18-9-10-19-16)8-7-15(13)17-12-14-5-3-2-4-6-14/h2-6,13,15,17H,7-12H2,1H3. The quantitative estimate of drug-likeness (QED) is 0.907. The molecule has 1 heterocycles. The third-order valence-corrected chi connectivity index (χ3v) is 4.38. The van der Waals surface area contributed by atoms with Crippen LogP contribution in [-0.2, 0) is 16.0 Å². The van der Waals surface area contributed by atoms with E-state index in [1.807, 2.05) is 0 Å². The molecule has 3 rings (SSSR count). The fourth-order valence-corrected chi connectivity index (χ4v) is 3.30. The van der Waals surface area contributed by atoms with Crippen LogP contribution in [0.25, 0.3) is 0 Å². The molecule has 1 aromatic carbocycles. The molecular weight excluding hydrogens is 238 g/mol. The minimum Gasteiger partial charge on any atom is -0.348 e. The second kappa shape index (κ2) is 5.61. The first-order valence-corrected chi connectivity index (χ1v) is 7.33. The number of hydrogen-bond acceptors (Lipinski definition) is 3. The molecule has 104 valence electrons. The van der Waals surface area contributed by atoms with Crippen LogP contribution in [0.15, 0.2) is 30.3 Å². The van der Waals surface area contributed by atoms with Crippen molar-refractivity contribution < 1.29 is 9.47 Å². The maximum absolute atomic E-state index is 5.81. The molecule has 0 aromatic heterocycles. The summed E-state index contributed by atoms with van der Waals surface area (Å²) in [6, 6.07) is 11.2. The summed E-state index contributed by atoms with van der Waals surface area (Å²) in [5, 5.41) is 3.68. The zero-order valence-electron chi connectivity index (χ0n) is 11.6. The van der Waals surface area contributed by atoms with E-state index >= 15 is 0 Å². The zero-order valence-corrected chi connectivity index (χ0v) is 11.6. The van der Waals surface area contributed by atoms with Gasteiger partial charge in [0.2, 0.25) is 0 Å². The smallest absolute Gasteiger partial charge is 0.168 e. The van der Waals surface area contributed by atoms with Crippen molar-refractivity contribution in [3.05, 3.63) is 35.9 Å². The van der Waals surface area contributed by atoms with Gasteiger partial charge in [0.05, 0.1) is 13.2 Å². The molecule has 2 atom stereocenters. The maximum atomic E-state index is 5.81. The summed E-state index contributed by atoms with van der Waals surface area (Å²) in [5.41, 5.74) is 1.35. The third kappa shape index (κ3) is 2.99. The van der Waals surface area contributed by atoms with Crippen LogP contribution in [-0.4, -0.2) is 25.0 Å². The van der Waals surface area contributed by atoms with Crippen molar-refractivity contribution in [2.75, 3.05) is 13.2 Å².